The number of nitrogens with zero attached hydrogens (tertiary/aromatic N) is 4. The molecule has 1 fully saturated rings. The van der Waals surface area contributed by atoms with Gasteiger partial charge in [-0.15, -0.1) is 0 Å². The highest BCUT2D eigenvalue weighted by Gasteiger charge is 2.34. The molecule has 3 aromatic rings. The van der Waals surface area contributed by atoms with Crippen LogP contribution < -0.4 is 10.7 Å². The van der Waals surface area contributed by atoms with Crippen LogP contribution in [0.5, 0.6) is 0 Å². The van der Waals surface area contributed by atoms with Gasteiger partial charge in [-0.3, -0.25) is 19.5 Å². The number of rotatable bonds is 5. The van der Waals surface area contributed by atoms with Crippen LogP contribution in [0.15, 0.2) is 41.7 Å². The number of hydrogen-bond acceptors (Lipinski definition) is 9. The molecule has 0 amide bonds. The monoisotopic (exact) mass is 400 g/mol. The van der Waals surface area contributed by atoms with Crippen LogP contribution in [0.3, 0.4) is 0 Å². The van der Waals surface area contributed by atoms with Crippen LogP contribution in [0.4, 0.5) is 10.5 Å². The summed E-state index contributed by atoms with van der Waals surface area (Å²) in [4.78, 5) is 43.8. The van der Waals surface area contributed by atoms with Crippen molar-refractivity contribution >= 4 is 23.0 Å². The number of imidazole rings is 1. The Hall–Kier alpha value is -3.80. The van der Waals surface area contributed by atoms with Gasteiger partial charge in [-0.25, -0.2) is 9.97 Å². The summed E-state index contributed by atoms with van der Waals surface area (Å²) in [5.74, 6) is 0. The zero-order chi connectivity index (χ0) is 20.5. The second-order valence-electron chi connectivity index (χ2n) is 6.40. The SMILES string of the molecule is O=C([O-])OC(c1ccc([N+](=O)[O-])cc1)[C@@H]1CC[C@H](n2cnc3c(=O)[nH]cnc32)O1. The lowest BCUT2D eigenvalue weighted by Crippen LogP contribution is -2.31. The maximum atomic E-state index is 11.8. The molecule has 1 aliphatic rings. The summed E-state index contributed by atoms with van der Waals surface area (Å²) in [5, 5.41) is 21.9. The lowest BCUT2D eigenvalue weighted by molar-refractivity contribution is -0.384. The average molecular weight is 400 g/mol. The molecule has 3 heterocycles. The number of benzene rings is 1. The van der Waals surface area contributed by atoms with Crippen molar-refractivity contribution in [2.75, 3.05) is 0 Å². The van der Waals surface area contributed by atoms with Gasteiger partial charge in [0.25, 0.3) is 17.4 Å². The largest absolute Gasteiger partial charge is 0.539 e. The topological polar surface area (TPSA) is 165 Å². The number of nitrogens with one attached hydrogen (secondary N) is 1. The Morgan fingerprint density at radius 2 is 2.07 bits per heavy atom. The summed E-state index contributed by atoms with van der Waals surface area (Å²) < 4.78 is 12.5. The number of aromatic nitrogens is 4. The van der Waals surface area contributed by atoms with Crippen molar-refractivity contribution in [3.05, 3.63) is 63.0 Å². The molecular formula is C17H14N5O7-. The lowest BCUT2D eigenvalue weighted by atomic mass is 10.0. The summed E-state index contributed by atoms with van der Waals surface area (Å²) in [7, 11) is 0. The number of hydrogen-bond donors (Lipinski definition) is 1. The van der Waals surface area contributed by atoms with E-state index in [2.05, 4.69) is 15.0 Å². The normalized spacial score (nSPS) is 19.9. The molecule has 0 saturated carbocycles. The van der Waals surface area contributed by atoms with E-state index in [-0.39, 0.29) is 16.8 Å². The summed E-state index contributed by atoms with van der Waals surface area (Å²) in [6, 6.07) is 5.34. The van der Waals surface area contributed by atoms with Crippen LogP contribution >= 0.6 is 0 Å². The van der Waals surface area contributed by atoms with Crippen LogP contribution in [0.25, 0.3) is 11.2 Å². The van der Waals surface area contributed by atoms with Crippen molar-refractivity contribution in [2.24, 2.45) is 0 Å². The molecule has 29 heavy (non-hydrogen) atoms. The lowest BCUT2D eigenvalue weighted by Gasteiger charge is -2.28. The highest BCUT2D eigenvalue weighted by Crippen LogP contribution is 2.38. The van der Waals surface area contributed by atoms with Gasteiger partial charge in [0, 0.05) is 12.1 Å². The third kappa shape index (κ3) is 3.52. The Morgan fingerprint density at radius 3 is 2.76 bits per heavy atom. The fourth-order valence-electron chi connectivity index (χ4n) is 3.39. The zero-order valence-electron chi connectivity index (χ0n) is 14.8. The molecule has 12 heteroatoms. The zero-order valence-corrected chi connectivity index (χ0v) is 14.8. The molecule has 4 rings (SSSR count). The number of H-pyrrole nitrogens is 1. The molecule has 3 atom stereocenters. The van der Waals surface area contributed by atoms with Crippen molar-refractivity contribution in [3.8, 4) is 0 Å². The first-order valence-electron chi connectivity index (χ1n) is 8.61. The maximum Gasteiger partial charge on any atom is 0.278 e. The predicted molar refractivity (Wildman–Crippen MR) is 93.6 cm³/mol. The predicted octanol–water partition coefficient (Wildman–Crippen LogP) is 0.807. The number of carboxylic acid groups (broad SMARTS) is 1. The molecule has 2 aromatic heterocycles. The second kappa shape index (κ2) is 7.31. The quantitative estimate of drug-likeness (QED) is 0.370. The van der Waals surface area contributed by atoms with Crippen LogP contribution in [0.1, 0.15) is 30.7 Å². The van der Waals surface area contributed by atoms with E-state index >= 15 is 0 Å². The summed E-state index contributed by atoms with van der Waals surface area (Å²) in [6.07, 6.45) is -0.357. The Labute approximate surface area is 161 Å². The van der Waals surface area contributed by atoms with Gasteiger partial charge in [0.05, 0.1) is 29.8 Å². The number of ether oxygens (including phenoxy) is 2. The minimum absolute atomic E-state index is 0.132. The highest BCUT2D eigenvalue weighted by atomic mass is 16.7. The van der Waals surface area contributed by atoms with Crippen molar-refractivity contribution in [1.82, 2.24) is 19.5 Å². The van der Waals surface area contributed by atoms with E-state index in [0.717, 1.165) is 0 Å². The number of carbonyl (C=O) groups is 1. The Bertz CT molecular complexity index is 1120. The molecule has 1 N–H and O–H groups in total. The maximum absolute atomic E-state index is 11.8. The number of non-ortho nitro benzene ring substituents is 1. The molecule has 1 aromatic carbocycles. The van der Waals surface area contributed by atoms with Crippen molar-refractivity contribution in [2.45, 2.75) is 31.3 Å². The summed E-state index contributed by atoms with van der Waals surface area (Å²) in [6.45, 7) is 0. The third-order valence-corrected chi connectivity index (χ3v) is 4.70. The standard InChI is InChI=1S/C17H15N5O7/c23-16-13-15(18-7-19-16)21(8-20-13)12-6-5-11(28-12)14(29-17(24)25)9-1-3-10(4-2-9)22(26)27/h1-4,7-8,11-12,14H,5-6H2,(H,24,25)(H,18,19,23)/p-1/t11-,12+,14?/m0/s1. The average Bonchev–Trinajstić information content (AvgIpc) is 3.33. The first kappa shape index (κ1) is 18.6. The number of carbonyl (C=O) groups excluding carboxylic acids is 1. The highest BCUT2D eigenvalue weighted by molar-refractivity contribution is 5.68. The molecular weight excluding hydrogens is 386 g/mol. The number of nitro benzene ring substituents is 1. The van der Waals surface area contributed by atoms with Gasteiger partial charge in [-0.05, 0) is 18.4 Å². The molecule has 1 aliphatic heterocycles. The molecule has 0 bridgehead atoms. The fourth-order valence-corrected chi connectivity index (χ4v) is 3.39. The van der Waals surface area contributed by atoms with Crippen molar-refractivity contribution in [3.63, 3.8) is 0 Å². The van der Waals surface area contributed by atoms with Gasteiger partial charge in [-0.1, -0.05) is 12.1 Å². The molecule has 150 valence electrons. The van der Waals surface area contributed by atoms with E-state index in [1.807, 2.05) is 0 Å². The molecule has 0 radical (unpaired) electrons. The number of nitro groups is 1. The van der Waals surface area contributed by atoms with E-state index < -0.39 is 29.5 Å². The van der Waals surface area contributed by atoms with E-state index in [1.54, 1.807) is 4.57 Å². The minimum atomic E-state index is -1.73. The van der Waals surface area contributed by atoms with Gasteiger partial charge in [0.15, 0.2) is 11.2 Å². The number of aromatic amines is 1. The van der Waals surface area contributed by atoms with E-state index in [4.69, 9.17) is 9.47 Å². The minimum Gasteiger partial charge on any atom is -0.539 e. The third-order valence-electron chi connectivity index (χ3n) is 4.70. The molecule has 0 aliphatic carbocycles. The van der Waals surface area contributed by atoms with Crippen LogP contribution in [-0.4, -0.2) is 36.7 Å². The van der Waals surface area contributed by atoms with E-state index in [1.165, 1.54) is 36.9 Å². The molecule has 12 nitrogen and oxygen atoms in total. The van der Waals surface area contributed by atoms with Crippen molar-refractivity contribution < 1.29 is 24.3 Å². The van der Waals surface area contributed by atoms with Gasteiger partial charge in [0.1, 0.15) is 6.23 Å². The molecule has 0 spiro atoms. The van der Waals surface area contributed by atoms with E-state index in [0.29, 0.717) is 24.1 Å². The second-order valence-corrected chi connectivity index (χ2v) is 6.40. The van der Waals surface area contributed by atoms with Crippen molar-refractivity contribution in [1.29, 1.82) is 0 Å². The summed E-state index contributed by atoms with van der Waals surface area (Å²) in [5.41, 5.74) is 0.389. The molecule has 1 saturated heterocycles. The Kier molecular flexibility index (Phi) is 4.68. The van der Waals surface area contributed by atoms with Crippen LogP contribution in [-0.2, 0) is 9.47 Å². The van der Waals surface area contributed by atoms with Crippen LogP contribution in [0.2, 0.25) is 0 Å². The van der Waals surface area contributed by atoms with Crippen LogP contribution in [0, 0.1) is 10.1 Å². The first-order valence-corrected chi connectivity index (χ1v) is 8.61. The van der Waals surface area contributed by atoms with Gasteiger partial charge >= 0.3 is 0 Å². The summed E-state index contributed by atoms with van der Waals surface area (Å²) >= 11 is 0. The van der Waals surface area contributed by atoms with Gasteiger partial charge < -0.3 is 24.4 Å². The van der Waals surface area contributed by atoms with Gasteiger partial charge in [-0.2, -0.15) is 0 Å². The first-order chi connectivity index (χ1) is 13.9. The Morgan fingerprint density at radius 1 is 1.31 bits per heavy atom. The fraction of sp³-hybridized carbons (Fsp3) is 0.294. The Balaban J connectivity index is 1.60. The van der Waals surface area contributed by atoms with Gasteiger partial charge in [0.2, 0.25) is 0 Å². The van der Waals surface area contributed by atoms with E-state index in [9.17, 15) is 24.8 Å². The number of fused-ring (bicyclic) bond motifs is 1. The smallest absolute Gasteiger partial charge is 0.278 e. The molecule has 1 unspecified atom stereocenters.